The van der Waals surface area contributed by atoms with Crippen molar-refractivity contribution in [3.8, 4) is 0 Å². The molecule has 22 heavy (non-hydrogen) atoms. The fraction of sp³-hybridized carbons (Fsp3) is 0.235. The van der Waals surface area contributed by atoms with Crippen molar-refractivity contribution in [2.45, 2.75) is 27.7 Å². The Hall–Kier alpha value is -2.69. The number of aryl methyl sites for hydroxylation is 4. The molecular formula is C17H16N2O3. The van der Waals surface area contributed by atoms with E-state index in [1.165, 1.54) is 0 Å². The van der Waals surface area contributed by atoms with Crippen LogP contribution in [0.25, 0.3) is 6.08 Å². The van der Waals surface area contributed by atoms with Crippen LogP contribution in [0.1, 0.15) is 33.7 Å². The minimum atomic E-state index is -0.464. The summed E-state index contributed by atoms with van der Waals surface area (Å²) >= 11 is 0. The summed E-state index contributed by atoms with van der Waals surface area (Å²) in [5.74, 6) is 0.511. The maximum atomic E-state index is 12.0. The summed E-state index contributed by atoms with van der Waals surface area (Å²) < 4.78 is 10.4. The standard InChI is InChI=1S/C17H16N2O3/c1-9-5-10(2)7-13(6-9)16-18-15(17(20)21-16)8-14-11(3)19-22-12(14)4/h5-8H,1-4H3/b15-8-. The molecule has 1 aliphatic rings. The molecule has 1 aliphatic heterocycles. The number of carbonyl (C=O) groups excluding carboxylic acids is 1. The predicted octanol–water partition coefficient (Wildman–Crippen LogP) is 3.25. The first kappa shape index (κ1) is 14.3. The highest BCUT2D eigenvalue weighted by Gasteiger charge is 2.25. The predicted molar refractivity (Wildman–Crippen MR) is 82.5 cm³/mol. The van der Waals surface area contributed by atoms with E-state index in [4.69, 9.17) is 9.26 Å². The molecular weight excluding hydrogens is 280 g/mol. The molecule has 0 radical (unpaired) electrons. The first-order chi connectivity index (χ1) is 10.4. The fourth-order valence-corrected chi connectivity index (χ4v) is 2.46. The fourth-order valence-electron chi connectivity index (χ4n) is 2.46. The Bertz CT molecular complexity index is 789. The monoisotopic (exact) mass is 296 g/mol. The third kappa shape index (κ3) is 2.57. The Morgan fingerprint density at radius 3 is 2.32 bits per heavy atom. The summed E-state index contributed by atoms with van der Waals surface area (Å²) in [6.45, 7) is 7.60. The van der Waals surface area contributed by atoms with Crippen LogP contribution in [0.4, 0.5) is 0 Å². The van der Waals surface area contributed by atoms with Gasteiger partial charge in [-0.1, -0.05) is 22.3 Å². The molecule has 0 atom stereocenters. The van der Waals surface area contributed by atoms with Crippen molar-refractivity contribution < 1.29 is 14.1 Å². The molecule has 1 aromatic carbocycles. The van der Waals surface area contributed by atoms with Crippen LogP contribution >= 0.6 is 0 Å². The van der Waals surface area contributed by atoms with E-state index in [1.54, 1.807) is 13.0 Å². The van der Waals surface area contributed by atoms with E-state index in [0.717, 1.165) is 22.3 Å². The normalized spacial score (nSPS) is 16.1. The van der Waals surface area contributed by atoms with E-state index >= 15 is 0 Å². The summed E-state index contributed by atoms with van der Waals surface area (Å²) in [6.07, 6.45) is 1.65. The molecule has 0 bridgehead atoms. The molecule has 3 rings (SSSR count). The van der Waals surface area contributed by atoms with Gasteiger partial charge in [0.2, 0.25) is 5.90 Å². The SMILES string of the molecule is Cc1cc(C)cc(C2=N/C(=C\c3c(C)noc3C)C(=O)O2)c1. The Morgan fingerprint density at radius 1 is 1.05 bits per heavy atom. The lowest BCUT2D eigenvalue weighted by Gasteiger charge is -2.03. The van der Waals surface area contributed by atoms with Gasteiger partial charge in [-0.15, -0.1) is 0 Å². The highest BCUT2D eigenvalue weighted by Crippen LogP contribution is 2.23. The highest BCUT2D eigenvalue weighted by molar-refractivity contribution is 6.13. The summed E-state index contributed by atoms with van der Waals surface area (Å²) in [7, 11) is 0. The second-order valence-corrected chi connectivity index (χ2v) is 5.45. The molecule has 0 aliphatic carbocycles. The third-order valence-corrected chi connectivity index (χ3v) is 3.46. The van der Waals surface area contributed by atoms with E-state index < -0.39 is 5.97 Å². The van der Waals surface area contributed by atoms with Crippen LogP contribution in [0.2, 0.25) is 0 Å². The average Bonchev–Trinajstić information content (AvgIpc) is 2.96. The number of aliphatic imine (C=N–C) groups is 1. The zero-order chi connectivity index (χ0) is 15.9. The van der Waals surface area contributed by atoms with Gasteiger partial charge in [-0.25, -0.2) is 9.79 Å². The largest absolute Gasteiger partial charge is 0.402 e. The van der Waals surface area contributed by atoms with Crippen molar-refractivity contribution in [1.82, 2.24) is 5.16 Å². The van der Waals surface area contributed by atoms with Gasteiger partial charge in [-0.3, -0.25) is 0 Å². The Balaban J connectivity index is 2.01. The molecule has 2 aromatic rings. The number of cyclic esters (lactones) is 1. The van der Waals surface area contributed by atoms with Crippen LogP contribution < -0.4 is 0 Å². The minimum absolute atomic E-state index is 0.253. The van der Waals surface area contributed by atoms with Gasteiger partial charge in [0.25, 0.3) is 0 Å². The van der Waals surface area contributed by atoms with Crippen molar-refractivity contribution in [2.24, 2.45) is 4.99 Å². The van der Waals surface area contributed by atoms with Crippen molar-refractivity contribution in [3.05, 3.63) is 57.6 Å². The van der Waals surface area contributed by atoms with Gasteiger partial charge in [-0.2, -0.15) is 0 Å². The van der Waals surface area contributed by atoms with Crippen LogP contribution in [0.5, 0.6) is 0 Å². The van der Waals surface area contributed by atoms with E-state index in [-0.39, 0.29) is 5.70 Å². The lowest BCUT2D eigenvalue weighted by atomic mass is 10.1. The van der Waals surface area contributed by atoms with Gasteiger partial charge in [0.15, 0.2) is 5.70 Å². The van der Waals surface area contributed by atoms with Crippen molar-refractivity contribution >= 4 is 17.9 Å². The van der Waals surface area contributed by atoms with Crippen LogP contribution in [-0.2, 0) is 9.53 Å². The van der Waals surface area contributed by atoms with E-state index in [9.17, 15) is 4.79 Å². The molecule has 0 saturated heterocycles. The number of ether oxygens (including phenoxy) is 1. The first-order valence-electron chi connectivity index (χ1n) is 6.98. The van der Waals surface area contributed by atoms with Crippen molar-refractivity contribution in [3.63, 3.8) is 0 Å². The quantitative estimate of drug-likeness (QED) is 0.630. The summed E-state index contributed by atoms with van der Waals surface area (Å²) in [4.78, 5) is 16.3. The molecule has 112 valence electrons. The van der Waals surface area contributed by atoms with E-state index in [2.05, 4.69) is 16.2 Å². The van der Waals surface area contributed by atoms with Gasteiger partial charge in [0.1, 0.15) is 5.76 Å². The van der Waals surface area contributed by atoms with E-state index in [1.807, 2.05) is 32.9 Å². The summed E-state index contributed by atoms with van der Waals surface area (Å²) in [6, 6.07) is 5.94. The maximum Gasteiger partial charge on any atom is 0.363 e. The van der Waals surface area contributed by atoms with Crippen LogP contribution in [-0.4, -0.2) is 17.0 Å². The van der Waals surface area contributed by atoms with E-state index in [0.29, 0.717) is 17.4 Å². The lowest BCUT2D eigenvalue weighted by Crippen LogP contribution is -2.06. The molecule has 0 spiro atoms. The molecule has 0 N–H and O–H groups in total. The summed E-state index contributed by atoms with van der Waals surface area (Å²) in [5, 5.41) is 3.86. The second-order valence-electron chi connectivity index (χ2n) is 5.45. The zero-order valence-corrected chi connectivity index (χ0v) is 12.9. The van der Waals surface area contributed by atoms with Gasteiger partial charge in [0.05, 0.1) is 5.69 Å². The number of hydrogen-bond acceptors (Lipinski definition) is 5. The smallest absolute Gasteiger partial charge is 0.363 e. The second kappa shape index (κ2) is 5.26. The van der Waals surface area contributed by atoms with Gasteiger partial charge in [-0.05, 0) is 45.9 Å². The minimum Gasteiger partial charge on any atom is -0.402 e. The number of carbonyl (C=O) groups is 1. The lowest BCUT2D eigenvalue weighted by molar-refractivity contribution is -0.129. The van der Waals surface area contributed by atoms with Crippen molar-refractivity contribution in [2.75, 3.05) is 0 Å². The topological polar surface area (TPSA) is 64.7 Å². The molecule has 5 heteroatoms. The van der Waals surface area contributed by atoms with Gasteiger partial charge >= 0.3 is 5.97 Å². The maximum absolute atomic E-state index is 12.0. The number of rotatable bonds is 2. The Kier molecular flexibility index (Phi) is 3.41. The number of aromatic nitrogens is 1. The molecule has 5 nitrogen and oxygen atoms in total. The van der Waals surface area contributed by atoms with Crippen LogP contribution in [0, 0.1) is 27.7 Å². The highest BCUT2D eigenvalue weighted by atomic mass is 16.6. The molecule has 2 heterocycles. The van der Waals surface area contributed by atoms with Gasteiger partial charge < -0.3 is 9.26 Å². The molecule has 0 fully saturated rings. The number of esters is 1. The summed E-state index contributed by atoms with van der Waals surface area (Å²) in [5.41, 5.74) is 4.72. The molecule has 0 amide bonds. The molecule has 1 aromatic heterocycles. The van der Waals surface area contributed by atoms with Crippen LogP contribution in [0.15, 0.2) is 33.4 Å². The Labute approximate surface area is 128 Å². The number of nitrogens with zero attached hydrogens (tertiary/aromatic N) is 2. The molecule has 0 saturated carbocycles. The first-order valence-corrected chi connectivity index (χ1v) is 6.98. The Morgan fingerprint density at radius 2 is 1.73 bits per heavy atom. The third-order valence-electron chi connectivity index (χ3n) is 3.46. The van der Waals surface area contributed by atoms with Crippen LogP contribution in [0.3, 0.4) is 0 Å². The zero-order valence-electron chi connectivity index (χ0n) is 12.9. The average molecular weight is 296 g/mol. The number of benzene rings is 1. The molecule has 0 unspecified atom stereocenters. The van der Waals surface area contributed by atoms with Crippen molar-refractivity contribution in [1.29, 1.82) is 0 Å². The van der Waals surface area contributed by atoms with Gasteiger partial charge in [0, 0.05) is 11.1 Å². The number of hydrogen-bond donors (Lipinski definition) is 0.